The highest BCUT2D eigenvalue weighted by atomic mass is 79.9. The Bertz CT molecular complexity index is 374. The Labute approximate surface area is 98.4 Å². The van der Waals surface area contributed by atoms with Gasteiger partial charge in [-0.2, -0.15) is 0 Å². The van der Waals surface area contributed by atoms with Crippen LogP contribution in [0.4, 0.5) is 0 Å². The fourth-order valence-corrected chi connectivity index (χ4v) is 2.01. The van der Waals surface area contributed by atoms with E-state index in [0.717, 1.165) is 22.5 Å². The third-order valence-electron chi connectivity index (χ3n) is 2.65. The molecule has 80 valence electrons. The summed E-state index contributed by atoms with van der Waals surface area (Å²) >= 11 is 3.37. The minimum Gasteiger partial charge on any atom is -0.341 e. The molecule has 3 heteroatoms. The smallest absolute Gasteiger partial charge is 0.253 e. The number of hydrogen-bond acceptors (Lipinski definition) is 1. The van der Waals surface area contributed by atoms with E-state index in [9.17, 15) is 4.79 Å². The lowest BCUT2D eigenvalue weighted by Gasteiger charge is -2.16. The van der Waals surface area contributed by atoms with Crippen molar-refractivity contribution in [1.29, 1.82) is 0 Å². The van der Waals surface area contributed by atoms with Crippen LogP contribution in [0, 0.1) is 5.92 Å². The summed E-state index contributed by atoms with van der Waals surface area (Å²) in [6.07, 6.45) is 2.55. The van der Waals surface area contributed by atoms with E-state index in [-0.39, 0.29) is 5.91 Å². The van der Waals surface area contributed by atoms with Gasteiger partial charge < -0.3 is 4.90 Å². The van der Waals surface area contributed by atoms with Crippen LogP contribution < -0.4 is 0 Å². The first-order valence-electron chi connectivity index (χ1n) is 5.18. The second-order valence-corrected chi connectivity index (χ2v) is 5.06. The predicted molar refractivity (Wildman–Crippen MR) is 63.8 cm³/mol. The topological polar surface area (TPSA) is 20.3 Å². The summed E-state index contributed by atoms with van der Waals surface area (Å²) < 4.78 is 0.952. The van der Waals surface area contributed by atoms with Crippen LogP contribution in [-0.2, 0) is 0 Å². The third kappa shape index (κ3) is 2.81. The molecule has 0 spiro atoms. The summed E-state index contributed by atoms with van der Waals surface area (Å²) in [6, 6.07) is 7.54. The first kappa shape index (κ1) is 10.7. The highest BCUT2D eigenvalue weighted by Crippen LogP contribution is 2.29. The number of carbonyl (C=O) groups is 1. The number of rotatable bonds is 3. The molecule has 1 aliphatic rings. The summed E-state index contributed by atoms with van der Waals surface area (Å²) in [5, 5.41) is 0. The molecule has 0 N–H and O–H groups in total. The van der Waals surface area contributed by atoms with Gasteiger partial charge in [-0.05, 0) is 37.0 Å². The molecule has 0 bridgehead atoms. The molecule has 15 heavy (non-hydrogen) atoms. The molecular formula is C12H14BrNO. The van der Waals surface area contributed by atoms with Crippen molar-refractivity contribution in [1.82, 2.24) is 4.90 Å². The van der Waals surface area contributed by atoms with Gasteiger partial charge in [0.25, 0.3) is 5.91 Å². The van der Waals surface area contributed by atoms with Crippen molar-refractivity contribution in [3.8, 4) is 0 Å². The van der Waals surface area contributed by atoms with Crippen molar-refractivity contribution in [3.05, 3.63) is 34.3 Å². The van der Waals surface area contributed by atoms with E-state index in [1.54, 1.807) is 0 Å². The van der Waals surface area contributed by atoms with Crippen LogP contribution in [0.2, 0.25) is 0 Å². The van der Waals surface area contributed by atoms with Gasteiger partial charge in [0.1, 0.15) is 0 Å². The van der Waals surface area contributed by atoms with E-state index in [4.69, 9.17) is 0 Å². The van der Waals surface area contributed by atoms with Gasteiger partial charge in [-0.3, -0.25) is 4.79 Å². The lowest BCUT2D eigenvalue weighted by Crippen LogP contribution is -2.28. The van der Waals surface area contributed by atoms with Gasteiger partial charge in [0, 0.05) is 23.6 Å². The zero-order valence-electron chi connectivity index (χ0n) is 8.74. The summed E-state index contributed by atoms with van der Waals surface area (Å²) in [5.41, 5.74) is 0.757. The molecule has 0 aliphatic heterocycles. The van der Waals surface area contributed by atoms with E-state index in [0.29, 0.717) is 0 Å². The zero-order valence-corrected chi connectivity index (χ0v) is 10.3. The van der Waals surface area contributed by atoms with Crippen molar-refractivity contribution < 1.29 is 4.79 Å². The van der Waals surface area contributed by atoms with Crippen LogP contribution in [0.15, 0.2) is 28.7 Å². The number of nitrogens with zero attached hydrogens (tertiary/aromatic N) is 1. The lowest BCUT2D eigenvalue weighted by atomic mass is 10.2. The largest absolute Gasteiger partial charge is 0.341 e. The van der Waals surface area contributed by atoms with Crippen LogP contribution in [0.25, 0.3) is 0 Å². The maximum Gasteiger partial charge on any atom is 0.253 e. The van der Waals surface area contributed by atoms with Crippen molar-refractivity contribution in [2.45, 2.75) is 12.8 Å². The monoisotopic (exact) mass is 267 g/mol. The van der Waals surface area contributed by atoms with E-state index in [1.807, 2.05) is 36.2 Å². The Morgan fingerprint density at radius 3 is 2.87 bits per heavy atom. The zero-order chi connectivity index (χ0) is 10.8. The van der Waals surface area contributed by atoms with Crippen LogP contribution >= 0.6 is 15.9 Å². The average molecular weight is 268 g/mol. The molecule has 1 fully saturated rings. The third-order valence-corrected chi connectivity index (χ3v) is 3.14. The Hall–Kier alpha value is -0.830. The number of amides is 1. The molecule has 0 radical (unpaired) electrons. The number of benzene rings is 1. The van der Waals surface area contributed by atoms with Gasteiger partial charge in [-0.1, -0.05) is 22.0 Å². The number of halogens is 1. The van der Waals surface area contributed by atoms with Crippen LogP contribution in [-0.4, -0.2) is 24.4 Å². The highest BCUT2D eigenvalue weighted by molar-refractivity contribution is 9.10. The van der Waals surface area contributed by atoms with E-state index >= 15 is 0 Å². The quantitative estimate of drug-likeness (QED) is 0.825. The molecule has 2 nitrogen and oxygen atoms in total. The standard InChI is InChI=1S/C12H14BrNO/c1-14(8-9-5-6-9)12(15)10-3-2-4-11(13)7-10/h2-4,7,9H,5-6,8H2,1H3. The fourth-order valence-electron chi connectivity index (χ4n) is 1.61. The maximum atomic E-state index is 12.0. The molecule has 2 rings (SSSR count). The SMILES string of the molecule is CN(CC1CC1)C(=O)c1cccc(Br)c1. The molecule has 1 aliphatic carbocycles. The van der Waals surface area contributed by atoms with Gasteiger partial charge in [-0.15, -0.1) is 0 Å². The maximum absolute atomic E-state index is 12.0. The molecule has 1 amide bonds. The first-order chi connectivity index (χ1) is 7.16. The molecule has 1 aromatic rings. The second-order valence-electron chi connectivity index (χ2n) is 4.14. The molecule has 1 saturated carbocycles. The average Bonchev–Trinajstić information content (AvgIpc) is 3.00. The molecule has 0 aromatic heterocycles. The van der Waals surface area contributed by atoms with Crippen LogP contribution in [0.1, 0.15) is 23.2 Å². The van der Waals surface area contributed by atoms with Crippen LogP contribution in [0.3, 0.4) is 0 Å². The van der Waals surface area contributed by atoms with Crippen molar-refractivity contribution in [2.24, 2.45) is 5.92 Å². The summed E-state index contributed by atoms with van der Waals surface area (Å²) in [7, 11) is 1.88. The van der Waals surface area contributed by atoms with Crippen molar-refractivity contribution in [3.63, 3.8) is 0 Å². The lowest BCUT2D eigenvalue weighted by molar-refractivity contribution is 0.0788. The Balaban J connectivity index is 2.05. The van der Waals surface area contributed by atoms with E-state index in [2.05, 4.69) is 15.9 Å². The van der Waals surface area contributed by atoms with Crippen molar-refractivity contribution >= 4 is 21.8 Å². The fraction of sp³-hybridized carbons (Fsp3) is 0.417. The Morgan fingerprint density at radius 2 is 2.27 bits per heavy atom. The van der Waals surface area contributed by atoms with Gasteiger partial charge in [0.2, 0.25) is 0 Å². The minimum absolute atomic E-state index is 0.114. The normalized spacial score (nSPS) is 15.1. The van der Waals surface area contributed by atoms with Gasteiger partial charge in [0.05, 0.1) is 0 Å². The van der Waals surface area contributed by atoms with Gasteiger partial charge in [-0.25, -0.2) is 0 Å². The molecular weight excluding hydrogens is 254 g/mol. The summed E-state index contributed by atoms with van der Waals surface area (Å²) in [6.45, 7) is 0.894. The highest BCUT2D eigenvalue weighted by Gasteiger charge is 2.25. The summed E-state index contributed by atoms with van der Waals surface area (Å²) in [4.78, 5) is 13.8. The molecule has 1 aromatic carbocycles. The first-order valence-corrected chi connectivity index (χ1v) is 5.97. The molecule has 0 heterocycles. The summed E-state index contributed by atoms with van der Waals surface area (Å²) in [5.74, 6) is 0.856. The van der Waals surface area contributed by atoms with E-state index in [1.165, 1.54) is 12.8 Å². The van der Waals surface area contributed by atoms with E-state index < -0.39 is 0 Å². The predicted octanol–water partition coefficient (Wildman–Crippen LogP) is 2.93. The van der Waals surface area contributed by atoms with Gasteiger partial charge in [0.15, 0.2) is 0 Å². The van der Waals surface area contributed by atoms with Gasteiger partial charge >= 0.3 is 0 Å². The van der Waals surface area contributed by atoms with Crippen LogP contribution in [0.5, 0.6) is 0 Å². The number of carbonyl (C=O) groups excluding carboxylic acids is 1. The minimum atomic E-state index is 0.114. The number of hydrogen-bond donors (Lipinski definition) is 0. The molecule has 0 saturated heterocycles. The second kappa shape index (κ2) is 4.35. The molecule has 0 unspecified atom stereocenters. The Kier molecular flexibility index (Phi) is 3.10. The Morgan fingerprint density at radius 1 is 1.53 bits per heavy atom. The van der Waals surface area contributed by atoms with Crippen molar-refractivity contribution in [2.75, 3.05) is 13.6 Å². The molecule has 0 atom stereocenters.